The number of amides is 1. The maximum Gasteiger partial charge on any atom is 0.267 e. The molecule has 1 aromatic rings. The van der Waals surface area contributed by atoms with E-state index in [1.165, 1.54) is 19.3 Å². The molecule has 0 saturated heterocycles. The molecule has 1 aliphatic rings. The van der Waals surface area contributed by atoms with Crippen LogP contribution in [0.2, 0.25) is 0 Å². The fourth-order valence-electron chi connectivity index (χ4n) is 2.56. The lowest BCUT2D eigenvalue weighted by Gasteiger charge is -2.38. The zero-order valence-corrected chi connectivity index (χ0v) is 10.5. The third-order valence-corrected chi connectivity index (χ3v) is 3.62. The van der Waals surface area contributed by atoms with Crippen molar-refractivity contribution in [3.8, 4) is 0 Å². The predicted molar refractivity (Wildman–Crippen MR) is 71.2 cm³/mol. The zero-order valence-electron chi connectivity index (χ0n) is 10.5. The topological polar surface area (TPSA) is 94.0 Å². The maximum absolute atomic E-state index is 11.1. The van der Waals surface area contributed by atoms with E-state index in [0.717, 1.165) is 18.5 Å². The fourth-order valence-corrected chi connectivity index (χ4v) is 2.56. The summed E-state index contributed by atoms with van der Waals surface area (Å²) in [5.74, 6) is -0.510. The molecule has 0 atom stereocenters. The van der Waals surface area contributed by atoms with Crippen LogP contribution in [0.25, 0.3) is 0 Å². The van der Waals surface area contributed by atoms with Gasteiger partial charge in [-0.3, -0.25) is 9.78 Å². The average molecular weight is 248 g/mol. The van der Waals surface area contributed by atoms with Gasteiger partial charge in [-0.1, -0.05) is 19.3 Å². The minimum absolute atomic E-state index is 0.0471. The van der Waals surface area contributed by atoms with Crippen LogP contribution in [0.1, 0.15) is 42.6 Å². The maximum atomic E-state index is 11.1. The number of carbonyl (C=O) groups is 1. The minimum Gasteiger partial charge on any atom is -0.378 e. The molecule has 1 amide bonds. The van der Waals surface area contributed by atoms with Gasteiger partial charge >= 0.3 is 0 Å². The number of hydrogen-bond acceptors (Lipinski definition) is 4. The number of hydrogen-bond donors (Lipinski definition) is 3. The third kappa shape index (κ3) is 2.79. The van der Waals surface area contributed by atoms with Gasteiger partial charge in [-0.05, 0) is 25.0 Å². The van der Waals surface area contributed by atoms with Crippen molar-refractivity contribution in [2.24, 2.45) is 11.5 Å². The lowest BCUT2D eigenvalue weighted by atomic mass is 9.81. The van der Waals surface area contributed by atoms with E-state index < -0.39 is 5.91 Å². The summed E-state index contributed by atoms with van der Waals surface area (Å²) in [6.07, 6.45) is 7.38. The number of nitrogens with one attached hydrogen (secondary N) is 1. The van der Waals surface area contributed by atoms with Gasteiger partial charge in [-0.25, -0.2) is 0 Å². The Hall–Kier alpha value is -1.62. The van der Waals surface area contributed by atoms with Crippen LogP contribution in [0.5, 0.6) is 0 Å². The van der Waals surface area contributed by atoms with Crippen molar-refractivity contribution in [1.29, 1.82) is 0 Å². The monoisotopic (exact) mass is 248 g/mol. The van der Waals surface area contributed by atoms with Crippen LogP contribution in [-0.4, -0.2) is 23.0 Å². The van der Waals surface area contributed by atoms with E-state index in [1.807, 2.05) is 6.07 Å². The van der Waals surface area contributed by atoms with Gasteiger partial charge in [0.2, 0.25) is 0 Å². The number of pyridine rings is 1. The number of rotatable bonds is 4. The van der Waals surface area contributed by atoms with Crippen molar-refractivity contribution in [3.63, 3.8) is 0 Å². The van der Waals surface area contributed by atoms with Gasteiger partial charge in [0.1, 0.15) is 5.69 Å². The first-order chi connectivity index (χ1) is 8.65. The molecule has 0 bridgehead atoms. The highest BCUT2D eigenvalue weighted by atomic mass is 16.1. The molecule has 1 aromatic heterocycles. The lowest BCUT2D eigenvalue weighted by Crippen LogP contribution is -2.47. The molecule has 1 fully saturated rings. The summed E-state index contributed by atoms with van der Waals surface area (Å²) in [5, 5.41) is 3.47. The van der Waals surface area contributed by atoms with Crippen LogP contribution in [0.4, 0.5) is 5.69 Å². The van der Waals surface area contributed by atoms with Crippen LogP contribution in [0.3, 0.4) is 0 Å². The van der Waals surface area contributed by atoms with Gasteiger partial charge in [0.15, 0.2) is 0 Å². The standard InChI is InChI=1S/C13H20N4O/c14-9-13(5-2-1-3-6-13)17-10-4-7-16-11(8-10)12(15)18/h4,7-8H,1-3,5-6,9,14H2,(H2,15,18)(H,16,17). The first kappa shape index (κ1) is 12.8. The van der Waals surface area contributed by atoms with Crippen LogP contribution in [0, 0.1) is 0 Å². The van der Waals surface area contributed by atoms with Gasteiger partial charge in [0.05, 0.1) is 0 Å². The number of aromatic nitrogens is 1. The zero-order chi connectivity index (χ0) is 13.0. The van der Waals surface area contributed by atoms with Crippen LogP contribution < -0.4 is 16.8 Å². The van der Waals surface area contributed by atoms with Crippen molar-refractivity contribution in [3.05, 3.63) is 24.0 Å². The second kappa shape index (κ2) is 5.35. The Morgan fingerprint density at radius 3 is 2.72 bits per heavy atom. The molecule has 98 valence electrons. The van der Waals surface area contributed by atoms with Crippen LogP contribution >= 0.6 is 0 Å². The SMILES string of the molecule is NCC1(Nc2ccnc(C(N)=O)c2)CCCCC1. The quantitative estimate of drug-likeness (QED) is 0.747. The van der Waals surface area contributed by atoms with Crippen molar-refractivity contribution < 1.29 is 4.79 Å². The predicted octanol–water partition coefficient (Wildman–Crippen LogP) is 1.25. The van der Waals surface area contributed by atoms with Crippen molar-refractivity contribution in [2.45, 2.75) is 37.6 Å². The number of nitrogens with zero attached hydrogens (tertiary/aromatic N) is 1. The van der Waals surface area contributed by atoms with Crippen LogP contribution in [0.15, 0.2) is 18.3 Å². The van der Waals surface area contributed by atoms with E-state index in [-0.39, 0.29) is 11.2 Å². The Morgan fingerprint density at radius 1 is 1.39 bits per heavy atom. The van der Waals surface area contributed by atoms with E-state index in [0.29, 0.717) is 6.54 Å². The Morgan fingerprint density at radius 2 is 2.11 bits per heavy atom. The number of anilines is 1. The Bertz CT molecular complexity index is 427. The Balaban J connectivity index is 2.16. The minimum atomic E-state index is -0.510. The van der Waals surface area contributed by atoms with E-state index in [1.54, 1.807) is 12.3 Å². The van der Waals surface area contributed by atoms with Gasteiger partial charge in [-0.15, -0.1) is 0 Å². The average Bonchev–Trinajstić information content (AvgIpc) is 2.40. The van der Waals surface area contributed by atoms with E-state index in [9.17, 15) is 4.79 Å². The Kier molecular flexibility index (Phi) is 3.81. The molecule has 0 unspecified atom stereocenters. The van der Waals surface area contributed by atoms with E-state index in [4.69, 9.17) is 11.5 Å². The summed E-state index contributed by atoms with van der Waals surface area (Å²) < 4.78 is 0. The molecule has 0 spiro atoms. The summed E-state index contributed by atoms with van der Waals surface area (Å²) in [5.41, 5.74) is 12.2. The van der Waals surface area contributed by atoms with Crippen molar-refractivity contribution >= 4 is 11.6 Å². The molecule has 2 rings (SSSR count). The normalized spacial score (nSPS) is 18.3. The first-order valence-corrected chi connectivity index (χ1v) is 6.39. The van der Waals surface area contributed by atoms with Crippen LogP contribution in [-0.2, 0) is 0 Å². The number of nitrogens with two attached hydrogens (primary N) is 2. The highest BCUT2D eigenvalue weighted by Crippen LogP contribution is 2.30. The summed E-state index contributed by atoms with van der Waals surface area (Å²) in [4.78, 5) is 15.0. The van der Waals surface area contributed by atoms with Crippen molar-refractivity contribution in [1.82, 2.24) is 4.98 Å². The second-order valence-electron chi connectivity index (χ2n) is 4.96. The molecular weight excluding hydrogens is 228 g/mol. The first-order valence-electron chi connectivity index (χ1n) is 6.39. The largest absolute Gasteiger partial charge is 0.378 e. The summed E-state index contributed by atoms with van der Waals surface area (Å²) in [6, 6.07) is 3.53. The molecule has 5 N–H and O–H groups in total. The molecular formula is C13H20N4O. The summed E-state index contributed by atoms with van der Waals surface area (Å²) >= 11 is 0. The molecule has 0 aliphatic heterocycles. The molecule has 0 radical (unpaired) electrons. The van der Waals surface area contributed by atoms with Gasteiger partial charge in [0, 0.05) is 24.0 Å². The molecule has 5 nitrogen and oxygen atoms in total. The third-order valence-electron chi connectivity index (χ3n) is 3.62. The molecule has 5 heteroatoms. The molecule has 1 saturated carbocycles. The molecule has 18 heavy (non-hydrogen) atoms. The highest BCUT2D eigenvalue weighted by molar-refractivity contribution is 5.91. The van der Waals surface area contributed by atoms with E-state index in [2.05, 4.69) is 10.3 Å². The number of carbonyl (C=O) groups excluding carboxylic acids is 1. The number of primary amides is 1. The Labute approximate surface area is 107 Å². The lowest BCUT2D eigenvalue weighted by molar-refractivity contribution is 0.0995. The fraction of sp³-hybridized carbons (Fsp3) is 0.538. The summed E-state index contributed by atoms with van der Waals surface area (Å²) in [6.45, 7) is 0.598. The van der Waals surface area contributed by atoms with Gasteiger partial charge in [-0.2, -0.15) is 0 Å². The smallest absolute Gasteiger partial charge is 0.267 e. The van der Waals surface area contributed by atoms with Crippen molar-refractivity contribution in [2.75, 3.05) is 11.9 Å². The molecule has 1 aliphatic carbocycles. The van der Waals surface area contributed by atoms with Gasteiger partial charge in [0.25, 0.3) is 5.91 Å². The molecule has 1 heterocycles. The van der Waals surface area contributed by atoms with E-state index >= 15 is 0 Å². The highest BCUT2D eigenvalue weighted by Gasteiger charge is 2.30. The molecule has 0 aromatic carbocycles. The second-order valence-corrected chi connectivity index (χ2v) is 4.96. The van der Waals surface area contributed by atoms with Gasteiger partial charge < -0.3 is 16.8 Å². The summed E-state index contributed by atoms with van der Waals surface area (Å²) in [7, 11) is 0.